The van der Waals surface area contributed by atoms with Gasteiger partial charge in [-0.1, -0.05) is 0 Å². The van der Waals surface area contributed by atoms with E-state index in [0.29, 0.717) is 0 Å². The van der Waals surface area contributed by atoms with Crippen molar-refractivity contribution in [3.05, 3.63) is 0 Å². The highest BCUT2D eigenvalue weighted by atomic mass is 35.5. The molecule has 1 saturated heterocycles. The van der Waals surface area contributed by atoms with E-state index in [1.165, 1.54) is 0 Å². The second kappa shape index (κ2) is 1.18. The SMILES string of the molecule is O=C(Cl)C1OO1. The lowest BCUT2D eigenvalue weighted by atomic mass is 10.8. The minimum atomic E-state index is -0.772. The summed E-state index contributed by atoms with van der Waals surface area (Å²) in [5.41, 5.74) is 0. The van der Waals surface area contributed by atoms with Crippen LogP contribution in [0.4, 0.5) is 0 Å². The van der Waals surface area contributed by atoms with Crippen molar-refractivity contribution in [3.8, 4) is 0 Å². The van der Waals surface area contributed by atoms with Crippen molar-refractivity contribution < 1.29 is 14.6 Å². The van der Waals surface area contributed by atoms with Crippen LogP contribution < -0.4 is 0 Å². The molecule has 1 rings (SSSR count). The van der Waals surface area contributed by atoms with Gasteiger partial charge < -0.3 is 0 Å². The Bertz CT molecular complexity index is 76.9. The van der Waals surface area contributed by atoms with E-state index in [9.17, 15) is 4.79 Å². The van der Waals surface area contributed by atoms with Crippen LogP contribution in [0.2, 0.25) is 0 Å². The van der Waals surface area contributed by atoms with Gasteiger partial charge in [-0.2, -0.15) is 9.78 Å². The molecule has 3 nitrogen and oxygen atoms in total. The van der Waals surface area contributed by atoms with Crippen LogP contribution >= 0.6 is 11.6 Å². The van der Waals surface area contributed by atoms with Gasteiger partial charge in [-0.25, -0.2) is 0 Å². The van der Waals surface area contributed by atoms with Crippen molar-refractivity contribution in [1.29, 1.82) is 0 Å². The van der Waals surface area contributed by atoms with E-state index in [0.717, 1.165) is 0 Å². The minimum absolute atomic E-state index is 0.602. The molecule has 1 aliphatic rings. The maximum absolute atomic E-state index is 9.72. The summed E-state index contributed by atoms with van der Waals surface area (Å²) in [5, 5.41) is -0.602. The molecule has 0 atom stereocenters. The summed E-state index contributed by atoms with van der Waals surface area (Å²) in [6.45, 7) is 0. The molecule has 0 bridgehead atoms. The van der Waals surface area contributed by atoms with E-state index in [4.69, 9.17) is 11.6 Å². The van der Waals surface area contributed by atoms with Crippen molar-refractivity contribution in [1.82, 2.24) is 0 Å². The Labute approximate surface area is 38.7 Å². The molecule has 0 unspecified atom stereocenters. The van der Waals surface area contributed by atoms with Crippen molar-refractivity contribution in [3.63, 3.8) is 0 Å². The zero-order valence-electron chi connectivity index (χ0n) is 2.68. The van der Waals surface area contributed by atoms with Crippen LogP contribution in [0.25, 0.3) is 0 Å². The van der Waals surface area contributed by atoms with E-state index in [1.807, 2.05) is 0 Å². The van der Waals surface area contributed by atoms with E-state index < -0.39 is 11.5 Å². The largest absolute Gasteiger partial charge is 0.296 e. The lowest BCUT2D eigenvalue weighted by Crippen LogP contribution is -1.92. The van der Waals surface area contributed by atoms with Gasteiger partial charge in [0.1, 0.15) is 0 Å². The number of carbonyl (C=O) groups excluding carboxylic acids is 1. The molecule has 4 heteroatoms. The molecule has 0 N–H and O–H groups in total. The van der Waals surface area contributed by atoms with E-state index in [-0.39, 0.29) is 0 Å². The van der Waals surface area contributed by atoms with Crippen LogP contribution in [0.5, 0.6) is 0 Å². The van der Waals surface area contributed by atoms with E-state index in [2.05, 4.69) is 9.78 Å². The van der Waals surface area contributed by atoms with Crippen molar-refractivity contribution in [2.75, 3.05) is 0 Å². The molecular weight excluding hydrogens is 107 g/mol. The van der Waals surface area contributed by atoms with Gasteiger partial charge in [0.05, 0.1) is 0 Å². The number of halogens is 1. The first-order chi connectivity index (χ1) is 2.80. The van der Waals surface area contributed by atoms with Crippen LogP contribution in [-0.4, -0.2) is 11.5 Å². The fourth-order valence-corrected chi connectivity index (χ4v) is 0.176. The Hall–Kier alpha value is -0.120. The first-order valence-corrected chi connectivity index (χ1v) is 1.70. The van der Waals surface area contributed by atoms with Crippen molar-refractivity contribution >= 4 is 16.8 Å². The third-order valence-electron chi connectivity index (χ3n) is 0.378. The molecule has 1 aliphatic heterocycles. The second-order valence-corrected chi connectivity index (χ2v) is 1.20. The molecular formula is C2HClO3. The third kappa shape index (κ3) is 0.680. The maximum Gasteiger partial charge on any atom is 0.296 e. The number of hydrogen-bond acceptors (Lipinski definition) is 3. The van der Waals surface area contributed by atoms with Gasteiger partial charge in [0.15, 0.2) is 0 Å². The Morgan fingerprint density at radius 2 is 2.17 bits per heavy atom. The third-order valence-corrected chi connectivity index (χ3v) is 0.556. The highest BCUT2D eigenvalue weighted by molar-refractivity contribution is 6.64. The first-order valence-electron chi connectivity index (χ1n) is 1.32. The summed E-state index contributed by atoms with van der Waals surface area (Å²) >= 11 is 4.79. The van der Waals surface area contributed by atoms with Gasteiger partial charge in [0, 0.05) is 0 Å². The minimum Gasteiger partial charge on any atom is -0.275 e. The highest BCUT2D eigenvalue weighted by Gasteiger charge is 2.32. The Balaban J connectivity index is 2.31. The lowest BCUT2D eigenvalue weighted by Gasteiger charge is -1.62. The van der Waals surface area contributed by atoms with Gasteiger partial charge in [-0.3, -0.25) is 4.79 Å². The van der Waals surface area contributed by atoms with Crippen LogP contribution in [-0.2, 0) is 14.6 Å². The maximum atomic E-state index is 9.72. The fraction of sp³-hybridized carbons (Fsp3) is 0.500. The first kappa shape index (κ1) is 4.05. The van der Waals surface area contributed by atoms with Crippen LogP contribution in [0.3, 0.4) is 0 Å². The average molecular weight is 108 g/mol. The van der Waals surface area contributed by atoms with Gasteiger partial charge in [0.25, 0.3) is 11.5 Å². The summed E-state index contributed by atoms with van der Waals surface area (Å²) < 4.78 is 0. The number of carbonyl (C=O) groups is 1. The fourth-order valence-electron chi connectivity index (χ4n) is 0.103. The molecule has 0 aromatic carbocycles. The molecule has 0 aliphatic carbocycles. The van der Waals surface area contributed by atoms with Gasteiger partial charge >= 0.3 is 0 Å². The molecule has 34 valence electrons. The Morgan fingerprint density at radius 1 is 1.67 bits per heavy atom. The molecule has 6 heavy (non-hydrogen) atoms. The van der Waals surface area contributed by atoms with Crippen molar-refractivity contribution in [2.45, 2.75) is 6.29 Å². The molecule has 0 aromatic rings. The summed E-state index contributed by atoms with van der Waals surface area (Å²) in [7, 11) is 0. The van der Waals surface area contributed by atoms with Gasteiger partial charge in [0.2, 0.25) is 0 Å². The van der Waals surface area contributed by atoms with Crippen LogP contribution in [0.1, 0.15) is 0 Å². The standard InChI is InChI=1S/C2HClO3/c3-1(4)2-5-6-2/h2H. The molecule has 0 aromatic heterocycles. The predicted molar refractivity (Wildman–Crippen MR) is 16.8 cm³/mol. The van der Waals surface area contributed by atoms with E-state index in [1.54, 1.807) is 0 Å². The van der Waals surface area contributed by atoms with Crippen LogP contribution in [0, 0.1) is 0 Å². The summed E-state index contributed by atoms with van der Waals surface area (Å²) in [4.78, 5) is 17.7. The molecule has 0 saturated carbocycles. The quantitative estimate of drug-likeness (QED) is 0.271. The smallest absolute Gasteiger partial charge is 0.275 e. The van der Waals surface area contributed by atoms with Gasteiger partial charge in [-0.05, 0) is 11.6 Å². The second-order valence-electron chi connectivity index (χ2n) is 0.828. The van der Waals surface area contributed by atoms with Crippen molar-refractivity contribution in [2.24, 2.45) is 0 Å². The topological polar surface area (TPSA) is 42.1 Å². The van der Waals surface area contributed by atoms with E-state index >= 15 is 0 Å². The van der Waals surface area contributed by atoms with Crippen LogP contribution in [0.15, 0.2) is 0 Å². The highest BCUT2D eigenvalue weighted by Crippen LogP contribution is 2.13. The number of hydrogen-bond donors (Lipinski definition) is 0. The lowest BCUT2D eigenvalue weighted by molar-refractivity contribution is -0.113. The monoisotopic (exact) mass is 108 g/mol. The average Bonchev–Trinajstić information content (AvgIpc) is 2.06. The zero-order valence-corrected chi connectivity index (χ0v) is 3.44. The predicted octanol–water partition coefficient (Wildman–Crippen LogP) is 0.0397. The Morgan fingerprint density at radius 3 is 2.17 bits per heavy atom. The molecule has 1 heterocycles. The molecule has 0 radical (unpaired) electrons. The molecule has 0 spiro atoms. The van der Waals surface area contributed by atoms with Gasteiger partial charge in [-0.15, -0.1) is 0 Å². The Kier molecular flexibility index (Phi) is 0.799. The molecule has 0 amide bonds. The summed E-state index contributed by atoms with van der Waals surface area (Å²) in [6.07, 6.45) is -0.772. The summed E-state index contributed by atoms with van der Waals surface area (Å²) in [5.74, 6) is 0. The number of rotatable bonds is 1. The zero-order chi connectivity index (χ0) is 4.57. The summed E-state index contributed by atoms with van der Waals surface area (Å²) in [6, 6.07) is 0. The molecule has 1 fully saturated rings. The normalized spacial score (nSPS) is 20.8.